The predicted molar refractivity (Wildman–Crippen MR) is 122 cm³/mol. The van der Waals surface area contributed by atoms with E-state index in [9.17, 15) is 9.18 Å². The molecule has 1 N–H and O–H groups in total. The van der Waals surface area contributed by atoms with Crippen LogP contribution in [0.15, 0.2) is 66.7 Å². The number of rotatable bonds is 4. The molecule has 4 nitrogen and oxygen atoms in total. The van der Waals surface area contributed by atoms with Crippen molar-refractivity contribution in [2.24, 2.45) is 5.92 Å². The highest BCUT2D eigenvalue weighted by Crippen LogP contribution is 2.58. The number of nitrogens with one attached hydrogen (secondary N) is 1. The number of fused-ring (bicyclic) bond motifs is 4. The molecular weight excluding hydrogens is 405 g/mol. The van der Waals surface area contributed by atoms with Gasteiger partial charge >= 0.3 is 0 Å². The molecule has 0 saturated carbocycles. The largest absolute Gasteiger partial charge is 0.494 e. The third-order valence-corrected chi connectivity index (χ3v) is 6.76. The van der Waals surface area contributed by atoms with Crippen molar-refractivity contribution in [2.75, 3.05) is 11.9 Å². The van der Waals surface area contributed by atoms with E-state index >= 15 is 0 Å². The third kappa shape index (κ3) is 2.91. The number of ether oxygens (including phenoxy) is 2. The number of hydrogen-bond donors (Lipinski definition) is 1. The van der Waals surface area contributed by atoms with E-state index in [1.807, 2.05) is 69.3 Å². The van der Waals surface area contributed by atoms with Gasteiger partial charge in [-0.3, -0.25) is 4.79 Å². The van der Waals surface area contributed by atoms with Crippen molar-refractivity contribution in [3.63, 3.8) is 0 Å². The molecule has 3 aromatic rings. The first-order valence-electron chi connectivity index (χ1n) is 11.0. The van der Waals surface area contributed by atoms with Gasteiger partial charge in [-0.1, -0.05) is 42.5 Å². The molecule has 1 spiro atoms. The molecule has 2 heterocycles. The second-order valence-electron chi connectivity index (χ2n) is 8.95. The Morgan fingerprint density at radius 3 is 2.56 bits per heavy atom. The maximum absolute atomic E-state index is 14.7. The van der Waals surface area contributed by atoms with Crippen molar-refractivity contribution in [3.05, 3.63) is 89.2 Å². The monoisotopic (exact) mass is 431 g/mol. The number of anilines is 1. The molecule has 5 rings (SSSR count). The number of para-hydroxylation sites is 1. The lowest BCUT2D eigenvalue weighted by atomic mass is 9.58. The smallest absolute Gasteiger partial charge is 0.240 e. The minimum absolute atomic E-state index is 0.109. The number of halogens is 1. The molecule has 0 aliphatic carbocycles. The average molecular weight is 432 g/mol. The fraction of sp³-hybridized carbons (Fsp3) is 0.296. The summed E-state index contributed by atoms with van der Waals surface area (Å²) < 4.78 is 26.9. The van der Waals surface area contributed by atoms with Crippen LogP contribution in [0.4, 0.5) is 10.1 Å². The minimum atomic E-state index is -1.01. The van der Waals surface area contributed by atoms with Crippen LogP contribution in [0.2, 0.25) is 0 Å². The molecule has 2 atom stereocenters. The number of hydrogen-bond acceptors (Lipinski definition) is 3. The van der Waals surface area contributed by atoms with Crippen molar-refractivity contribution in [3.8, 4) is 11.5 Å². The Labute approximate surface area is 187 Å². The Kier molecular flexibility index (Phi) is 4.73. The van der Waals surface area contributed by atoms with Gasteiger partial charge in [0.1, 0.15) is 28.3 Å². The van der Waals surface area contributed by atoms with E-state index in [1.54, 1.807) is 12.1 Å². The summed E-state index contributed by atoms with van der Waals surface area (Å²) in [5.74, 6) is 0.583. The molecule has 0 saturated heterocycles. The average Bonchev–Trinajstić information content (AvgIpc) is 3.04. The van der Waals surface area contributed by atoms with E-state index in [4.69, 9.17) is 9.47 Å². The first-order chi connectivity index (χ1) is 15.4. The summed E-state index contributed by atoms with van der Waals surface area (Å²) in [6.45, 7) is 6.42. The summed E-state index contributed by atoms with van der Waals surface area (Å²) in [6.07, 6.45) is 0.355. The molecule has 0 aromatic heterocycles. The highest BCUT2D eigenvalue weighted by molar-refractivity contribution is 6.09. The molecule has 0 fully saturated rings. The fourth-order valence-electron chi connectivity index (χ4n) is 5.41. The summed E-state index contributed by atoms with van der Waals surface area (Å²) in [5.41, 5.74) is 1.26. The first-order valence-corrected chi connectivity index (χ1v) is 11.0. The minimum Gasteiger partial charge on any atom is -0.494 e. The van der Waals surface area contributed by atoms with Crippen LogP contribution >= 0.6 is 0 Å². The summed E-state index contributed by atoms with van der Waals surface area (Å²) in [7, 11) is 0. The second kappa shape index (κ2) is 7.37. The van der Waals surface area contributed by atoms with E-state index in [-0.39, 0.29) is 17.6 Å². The lowest BCUT2D eigenvalue weighted by Crippen LogP contribution is -2.58. The molecule has 32 heavy (non-hydrogen) atoms. The predicted octanol–water partition coefficient (Wildman–Crippen LogP) is 5.49. The highest BCUT2D eigenvalue weighted by Gasteiger charge is 2.62. The molecule has 2 aliphatic rings. The third-order valence-electron chi connectivity index (χ3n) is 6.76. The van der Waals surface area contributed by atoms with Gasteiger partial charge in [-0.05, 0) is 56.5 Å². The van der Waals surface area contributed by atoms with E-state index < -0.39 is 11.0 Å². The Balaban J connectivity index is 1.78. The van der Waals surface area contributed by atoms with E-state index in [0.717, 1.165) is 16.8 Å². The maximum Gasteiger partial charge on any atom is 0.240 e. The normalized spacial score (nSPS) is 22.6. The van der Waals surface area contributed by atoms with Crippen LogP contribution in [0, 0.1) is 11.7 Å². The molecule has 3 aromatic carbocycles. The van der Waals surface area contributed by atoms with Crippen molar-refractivity contribution < 1.29 is 18.7 Å². The van der Waals surface area contributed by atoms with Gasteiger partial charge in [-0.2, -0.15) is 0 Å². The van der Waals surface area contributed by atoms with Crippen LogP contribution in [0.5, 0.6) is 11.5 Å². The van der Waals surface area contributed by atoms with Crippen molar-refractivity contribution in [1.82, 2.24) is 0 Å². The standard InChI is InChI=1S/C27H26FNO3/c1-4-31-18-13-14-20-23(16-18)32-26(2,3)24(15-17-9-5-7-11-21(17)28)27(20)19-10-6-8-12-22(19)29-25(27)30/h5-14,16,24H,4,15H2,1-3H3,(H,29,30)/t24?,27-/m1/s1. The van der Waals surface area contributed by atoms with E-state index in [1.165, 1.54) is 6.07 Å². The van der Waals surface area contributed by atoms with Gasteiger partial charge in [0.25, 0.3) is 0 Å². The number of carbonyl (C=O) groups excluding carboxylic acids is 1. The zero-order valence-corrected chi connectivity index (χ0v) is 18.4. The van der Waals surface area contributed by atoms with Crippen LogP contribution in [-0.4, -0.2) is 18.1 Å². The Hall–Kier alpha value is -3.34. The van der Waals surface area contributed by atoms with Crippen LogP contribution in [0.3, 0.4) is 0 Å². The van der Waals surface area contributed by atoms with Gasteiger partial charge in [-0.25, -0.2) is 4.39 Å². The lowest BCUT2D eigenvalue weighted by Gasteiger charge is -2.50. The number of amides is 1. The molecule has 164 valence electrons. The second-order valence-corrected chi connectivity index (χ2v) is 8.95. The van der Waals surface area contributed by atoms with Crippen LogP contribution in [-0.2, 0) is 16.6 Å². The molecule has 1 amide bonds. The van der Waals surface area contributed by atoms with E-state index in [0.29, 0.717) is 30.1 Å². The van der Waals surface area contributed by atoms with Crippen molar-refractivity contribution >= 4 is 11.6 Å². The van der Waals surface area contributed by atoms with Crippen molar-refractivity contribution in [2.45, 2.75) is 38.2 Å². The topological polar surface area (TPSA) is 47.6 Å². The Morgan fingerprint density at radius 2 is 1.78 bits per heavy atom. The molecule has 0 radical (unpaired) electrons. The summed E-state index contributed by atoms with van der Waals surface area (Å²) in [4.78, 5) is 13.9. The van der Waals surface area contributed by atoms with Crippen molar-refractivity contribution in [1.29, 1.82) is 0 Å². The molecular formula is C27H26FNO3. The molecule has 2 aliphatic heterocycles. The van der Waals surface area contributed by atoms with Gasteiger partial charge in [0.15, 0.2) is 0 Å². The zero-order valence-electron chi connectivity index (χ0n) is 18.4. The SMILES string of the molecule is CCOc1ccc2c(c1)OC(C)(C)C(Cc1ccccc1F)[C@]21C(=O)Nc2ccccc21. The summed E-state index contributed by atoms with van der Waals surface area (Å²) >= 11 is 0. The van der Waals surface area contributed by atoms with Crippen LogP contribution in [0.25, 0.3) is 0 Å². The quantitative estimate of drug-likeness (QED) is 0.594. The number of benzene rings is 3. The first kappa shape index (κ1) is 20.6. The summed E-state index contributed by atoms with van der Waals surface area (Å²) in [5, 5.41) is 3.09. The lowest BCUT2D eigenvalue weighted by molar-refractivity contribution is -0.126. The maximum atomic E-state index is 14.7. The van der Waals surface area contributed by atoms with Gasteiger partial charge in [-0.15, -0.1) is 0 Å². The Bertz CT molecular complexity index is 1210. The van der Waals surface area contributed by atoms with Gasteiger partial charge in [0.2, 0.25) is 5.91 Å². The van der Waals surface area contributed by atoms with Crippen LogP contribution in [0.1, 0.15) is 37.5 Å². The highest BCUT2D eigenvalue weighted by atomic mass is 19.1. The number of carbonyl (C=O) groups is 1. The van der Waals surface area contributed by atoms with Gasteiger partial charge < -0.3 is 14.8 Å². The zero-order chi connectivity index (χ0) is 22.5. The fourth-order valence-corrected chi connectivity index (χ4v) is 5.41. The summed E-state index contributed by atoms with van der Waals surface area (Å²) in [6, 6.07) is 20.2. The molecule has 0 bridgehead atoms. The Morgan fingerprint density at radius 1 is 1.03 bits per heavy atom. The molecule has 5 heteroatoms. The van der Waals surface area contributed by atoms with E-state index in [2.05, 4.69) is 5.32 Å². The molecule has 1 unspecified atom stereocenters. The van der Waals surface area contributed by atoms with Gasteiger partial charge in [0, 0.05) is 23.2 Å². The van der Waals surface area contributed by atoms with Gasteiger partial charge in [0.05, 0.1) is 6.61 Å². The van der Waals surface area contributed by atoms with Crippen LogP contribution < -0.4 is 14.8 Å².